The van der Waals surface area contributed by atoms with Gasteiger partial charge in [-0.2, -0.15) is 13.2 Å². The summed E-state index contributed by atoms with van der Waals surface area (Å²) >= 11 is 0. The van der Waals surface area contributed by atoms with Crippen molar-refractivity contribution in [2.45, 2.75) is 19.0 Å². The van der Waals surface area contributed by atoms with Crippen molar-refractivity contribution in [3.05, 3.63) is 41.6 Å². The van der Waals surface area contributed by atoms with Crippen molar-refractivity contribution < 1.29 is 22.7 Å². The van der Waals surface area contributed by atoms with Gasteiger partial charge in [0.2, 0.25) is 0 Å². The zero-order chi connectivity index (χ0) is 18.3. The Balaban J connectivity index is 1.62. The number of aromatic nitrogens is 1. The number of nitrogens with one attached hydrogen (secondary N) is 1. The van der Waals surface area contributed by atoms with Crippen LogP contribution in [0.3, 0.4) is 0 Å². The van der Waals surface area contributed by atoms with E-state index in [-0.39, 0.29) is 5.91 Å². The van der Waals surface area contributed by atoms with Crippen LogP contribution < -0.4 is 9.64 Å². The summed E-state index contributed by atoms with van der Waals surface area (Å²) in [6, 6.07) is 6.65. The monoisotopic (exact) mass is 365 g/mol. The van der Waals surface area contributed by atoms with E-state index in [0.717, 1.165) is 38.1 Å². The summed E-state index contributed by atoms with van der Waals surface area (Å²) in [4.78, 5) is 19.3. The highest BCUT2D eigenvalue weighted by Gasteiger charge is 2.31. The third-order valence-electron chi connectivity index (χ3n) is 4.73. The molecule has 0 bridgehead atoms. The summed E-state index contributed by atoms with van der Waals surface area (Å²) < 4.78 is 43.9. The van der Waals surface area contributed by atoms with E-state index >= 15 is 0 Å². The van der Waals surface area contributed by atoms with Crippen LogP contribution in [0.1, 0.15) is 28.9 Å². The lowest BCUT2D eigenvalue weighted by molar-refractivity contribution is -0.137. The molecule has 2 aliphatic heterocycles. The minimum absolute atomic E-state index is 0.0760. The van der Waals surface area contributed by atoms with Crippen molar-refractivity contribution in [1.82, 2.24) is 9.88 Å². The van der Waals surface area contributed by atoms with Gasteiger partial charge in [-0.25, -0.2) is 0 Å². The number of alkyl halides is 3. The normalized spacial score (nSPS) is 17.2. The van der Waals surface area contributed by atoms with Crippen LogP contribution >= 0.6 is 0 Å². The number of aromatic amines is 1. The van der Waals surface area contributed by atoms with Crippen LogP contribution in [0, 0.1) is 0 Å². The van der Waals surface area contributed by atoms with Crippen LogP contribution in [0.5, 0.6) is 5.75 Å². The van der Waals surface area contributed by atoms with E-state index in [1.54, 1.807) is 11.0 Å². The molecule has 26 heavy (non-hydrogen) atoms. The Morgan fingerprint density at radius 2 is 1.77 bits per heavy atom. The average molecular weight is 365 g/mol. The van der Waals surface area contributed by atoms with E-state index in [9.17, 15) is 18.0 Å². The van der Waals surface area contributed by atoms with E-state index in [0.29, 0.717) is 36.1 Å². The molecule has 1 saturated heterocycles. The number of nitrogens with zero attached hydrogens (tertiary/aromatic N) is 2. The van der Waals surface area contributed by atoms with Crippen LogP contribution in [0.15, 0.2) is 30.3 Å². The van der Waals surface area contributed by atoms with E-state index < -0.39 is 11.7 Å². The maximum atomic E-state index is 12.8. The molecule has 0 spiro atoms. The van der Waals surface area contributed by atoms with Gasteiger partial charge in [-0.3, -0.25) is 4.79 Å². The quantitative estimate of drug-likeness (QED) is 0.881. The van der Waals surface area contributed by atoms with Gasteiger partial charge >= 0.3 is 6.18 Å². The summed E-state index contributed by atoms with van der Waals surface area (Å²) in [7, 11) is 0. The molecule has 1 amide bonds. The molecule has 4 rings (SSSR count). The molecule has 8 heteroatoms. The lowest BCUT2D eigenvalue weighted by atomic mass is 10.2. The second kappa shape index (κ2) is 6.26. The first-order valence-electron chi connectivity index (χ1n) is 8.53. The largest absolute Gasteiger partial charge is 0.488 e. The fraction of sp³-hybridized carbons (Fsp3) is 0.389. The Morgan fingerprint density at radius 1 is 1.08 bits per heavy atom. The highest BCUT2D eigenvalue weighted by Crippen LogP contribution is 2.38. The maximum Gasteiger partial charge on any atom is 0.416 e. The third kappa shape index (κ3) is 3.00. The third-order valence-corrected chi connectivity index (χ3v) is 4.73. The molecular formula is C18H18F3N3O2. The molecule has 0 aliphatic carbocycles. The van der Waals surface area contributed by atoms with Gasteiger partial charge in [0, 0.05) is 24.8 Å². The number of carbonyl (C=O) groups is 1. The number of H-pyrrole nitrogens is 1. The molecule has 1 fully saturated rings. The summed E-state index contributed by atoms with van der Waals surface area (Å²) in [5.74, 6) is 1.06. The number of hydrogen-bond acceptors (Lipinski definition) is 3. The number of halogens is 3. The number of amides is 1. The lowest BCUT2D eigenvalue weighted by Crippen LogP contribution is -2.29. The number of benzene rings is 1. The Bertz CT molecular complexity index is 808. The summed E-state index contributed by atoms with van der Waals surface area (Å²) in [5, 5.41) is 0. The second-order valence-corrected chi connectivity index (χ2v) is 6.44. The Hall–Kier alpha value is -2.64. The van der Waals surface area contributed by atoms with Gasteiger partial charge in [0.25, 0.3) is 5.91 Å². The predicted molar refractivity (Wildman–Crippen MR) is 89.9 cm³/mol. The molecule has 0 saturated carbocycles. The van der Waals surface area contributed by atoms with E-state index in [2.05, 4.69) is 4.98 Å². The number of anilines is 2. The van der Waals surface area contributed by atoms with Crippen molar-refractivity contribution in [2.24, 2.45) is 0 Å². The number of ether oxygens (including phenoxy) is 1. The molecular weight excluding hydrogens is 347 g/mol. The average Bonchev–Trinajstić information content (AvgIpc) is 3.29. The minimum atomic E-state index is -4.36. The number of rotatable bonds is 2. The van der Waals surface area contributed by atoms with E-state index in [1.807, 2.05) is 4.90 Å². The zero-order valence-corrected chi connectivity index (χ0v) is 14.0. The highest BCUT2D eigenvalue weighted by atomic mass is 19.4. The number of hydrogen-bond donors (Lipinski definition) is 1. The van der Waals surface area contributed by atoms with Gasteiger partial charge in [0.1, 0.15) is 12.3 Å². The first kappa shape index (κ1) is 16.8. The van der Waals surface area contributed by atoms with Crippen molar-refractivity contribution >= 4 is 17.4 Å². The molecule has 2 aromatic rings. The molecule has 0 radical (unpaired) electrons. The fourth-order valence-corrected chi connectivity index (χ4v) is 3.39. The molecule has 1 aromatic carbocycles. The predicted octanol–water partition coefficient (Wildman–Crippen LogP) is 3.80. The standard InChI is InChI=1S/C18H18F3N3O2/c19-18(20,21)12-3-5-13(6-4-12)24-9-10-26-15-11-14(22-16(15)24)17(25)23-7-1-2-8-23/h3-6,11,22H,1-2,7-10H2. The number of carbonyl (C=O) groups excluding carboxylic acids is 1. The van der Waals surface area contributed by atoms with Gasteiger partial charge in [0.05, 0.1) is 12.1 Å². The molecule has 2 aliphatic rings. The first-order chi connectivity index (χ1) is 12.4. The second-order valence-electron chi connectivity index (χ2n) is 6.44. The van der Waals surface area contributed by atoms with Gasteiger partial charge in [-0.1, -0.05) is 0 Å². The van der Waals surface area contributed by atoms with E-state index in [1.165, 1.54) is 12.1 Å². The van der Waals surface area contributed by atoms with Crippen molar-refractivity contribution in [3.8, 4) is 5.75 Å². The molecule has 5 nitrogen and oxygen atoms in total. The topological polar surface area (TPSA) is 48.6 Å². The first-order valence-corrected chi connectivity index (χ1v) is 8.53. The Labute approximate surface area is 148 Å². The number of likely N-dealkylation sites (tertiary alicyclic amines) is 1. The van der Waals surface area contributed by atoms with Crippen LogP contribution in [0.2, 0.25) is 0 Å². The smallest absolute Gasteiger partial charge is 0.416 e. The van der Waals surface area contributed by atoms with Gasteiger partial charge in [-0.05, 0) is 37.1 Å². The summed E-state index contributed by atoms with van der Waals surface area (Å²) in [5.41, 5.74) is 0.367. The Morgan fingerprint density at radius 3 is 2.42 bits per heavy atom. The van der Waals surface area contributed by atoms with Crippen LogP contribution in [0.4, 0.5) is 24.7 Å². The molecule has 0 unspecified atom stereocenters. The van der Waals surface area contributed by atoms with Crippen molar-refractivity contribution in [3.63, 3.8) is 0 Å². The van der Waals surface area contributed by atoms with Crippen LogP contribution in [-0.4, -0.2) is 42.0 Å². The SMILES string of the molecule is O=C(c1cc2c([nH]1)N(c1ccc(C(F)(F)F)cc1)CCO2)N1CCCC1. The van der Waals surface area contributed by atoms with Gasteiger partial charge in [-0.15, -0.1) is 0 Å². The van der Waals surface area contributed by atoms with Gasteiger partial charge < -0.3 is 19.5 Å². The zero-order valence-electron chi connectivity index (χ0n) is 14.0. The van der Waals surface area contributed by atoms with Crippen molar-refractivity contribution in [1.29, 1.82) is 0 Å². The molecule has 0 atom stereocenters. The number of fused-ring (bicyclic) bond motifs is 1. The molecule has 3 heterocycles. The molecule has 1 aromatic heterocycles. The van der Waals surface area contributed by atoms with Gasteiger partial charge in [0.15, 0.2) is 11.6 Å². The Kier molecular flexibility index (Phi) is 4.05. The molecule has 138 valence electrons. The van der Waals surface area contributed by atoms with Crippen LogP contribution in [0.25, 0.3) is 0 Å². The minimum Gasteiger partial charge on any atom is -0.488 e. The maximum absolute atomic E-state index is 12.8. The van der Waals surface area contributed by atoms with Crippen molar-refractivity contribution in [2.75, 3.05) is 31.1 Å². The summed E-state index contributed by atoms with van der Waals surface area (Å²) in [6.07, 6.45) is -2.36. The highest BCUT2D eigenvalue weighted by molar-refractivity contribution is 5.94. The lowest BCUT2D eigenvalue weighted by Gasteiger charge is -2.29. The summed E-state index contributed by atoms with van der Waals surface area (Å²) in [6.45, 7) is 2.36. The van der Waals surface area contributed by atoms with Crippen LogP contribution in [-0.2, 0) is 6.18 Å². The van der Waals surface area contributed by atoms with E-state index in [4.69, 9.17) is 4.74 Å². The molecule has 1 N–H and O–H groups in total. The fourth-order valence-electron chi connectivity index (χ4n) is 3.39.